The second-order valence-electron chi connectivity index (χ2n) is 6.46. The SMILES string of the molecule is O=C(NCC(=O)N1CCC(Cc2ccccc2)CC1)c1ncc(O)cn1. The van der Waals surface area contributed by atoms with Crippen molar-refractivity contribution in [2.75, 3.05) is 19.6 Å². The third-order valence-electron chi connectivity index (χ3n) is 4.58. The molecule has 0 radical (unpaired) electrons. The highest BCUT2D eigenvalue weighted by Crippen LogP contribution is 2.21. The Kier molecular flexibility index (Phi) is 5.78. The summed E-state index contributed by atoms with van der Waals surface area (Å²) in [5.74, 6) is -0.234. The van der Waals surface area contributed by atoms with Crippen molar-refractivity contribution in [3.63, 3.8) is 0 Å². The van der Waals surface area contributed by atoms with E-state index in [1.165, 1.54) is 5.56 Å². The van der Waals surface area contributed by atoms with E-state index in [1.54, 1.807) is 4.90 Å². The summed E-state index contributed by atoms with van der Waals surface area (Å²) in [5, 5.41) is 11.7. The van der Waals surface area contributed by atoms with Crippen LogP contribution in [-0.2, 0) is 11.2 Å². The van der Waals surface area contributed by atoms with Gasteiger partial charge in [-0.15, -0.1) is 0 Å². The normalized spacial score (nSPS) is 14.8. The molecule has 1 aliphatic heterocycles. The highest BCUT2D eigenvalue weighted by atomic mass is 16.3. The van der Waals surface area contributed by atoms with Crippen LogP contribution >= 0.6 is 0 Å². The van der Waals surface area contributed by atoms with Gasteiger partial charge in [-0.1, -0.05) is 30.3 Å². The first-order valence-corrected chi connectivity index (χ1v) is 8.72. The van der Waals surface area contributed by atoms with Crippen molar-refractivity contribution in [1.29, 1.82) is 0 Å². The van der Waals surface area contributed by atoms with Crippen molar-refractivity contribution in [3.8, 4) is 5.75 Å². The minimum atomic E-state index is -0.530. The summed E-state index contributed by atoms with van der Waals surface area (Å²) in [6.07, 6.45) is 5.26. The number of nitrogens with zero attached hydrogens (tertiary/aromatic N) is 3. The van der Waals surface area contributed by atoms with Gasteiger partial charge in [-0.3, -0.25) is 9.59 Å². The molecule has 1 saturated heterocycles. The van der Waals surface area contributed by atoms with Gasteiger partial charge in [0.25, 0.3) is 5.91 Å². The van der Waals surface area contributed by atoms with Gasteiger partial charge < -0.3 is 15.3 Å². The molecule has 2 N–H and O–H groups in total. The molecule has 0 bridgehead atoms. The first-order valence-electron chi connectivity index (χ1n) is 8.72. The smallest absolute Gasteiger partial charge is 0.289 e. The number of hydrogen-bond acceptors (Lipinski definition) is 5. The molecule has 1 aromatic heterocycles. The number of piperidine rings is 1. The van der Waals surface area contributed by atoms with Gasteiger partial charge in [0.1, 0.15) is 0 Å². The third kappa shape index (κ3) is 4.78. The monoisotopic (exact) mass is 354 g/mol. The lowest BCUT2D eigenvalue weighted by molar-refractivity contribution is -0.131. The number of amides is 2. The lowest BCUT2D eigenvalue weighted by Crippen LogP contribution is -2.44. The Morgan fingerprint density at radius 2 is 1.77 bits per heavy atom. The Labute approximate surface area is 152 Å². The van der Waals surface area contributed by atoms with E-state index in [4.69, 9.17) is 5.11 Å². The summed E-state index contributed by atoms with van der Waals surface area (Å²) >= 11 is 0. The number of aromatic nitrogens is 2. The molecular formula is C19H22N4O3. The number of likely N-dealkylation sites (tertiary alicyclic amines) is 1. The maximum Gasteiger partial charge on any atom is 0.289 e. The van der Waals surface area contributed by atoms with E-state index in [1.807, 2.05) is 6.07 Å². The molecule has 1 fully saturated rings. The summed E-state index contributed by atoms with van der Waals surface area (Å²) in [6, 6.07) is 10.4. The number of carbonyl (C=O) groups excluding carboxylic acids is 2. The van der Waals surface area contributed by atoms with Crippen molar-refractivity contribution in [2.45, 2.75) is 19.3 Å². The van der Waals surface area contributed by atoms with E-state index in [0.29, 0.717) is 19.0 Å². The van der Waals surface area contributed by atoms with Crippen LogP contribution in [0.2, 0.25) is 0 Å². The molecule has 2 amide bonds. The van der Waals surface area contributed by atoms with E-state index in [2.05, 4.69) is 39.6 Å². The molecule has 0 unspecified atom stereocenters. The van der Waals surface area contributed by atoms with Gasteiger partial charge in [0.15, 0.2) is 5.75 Å². The van der Waals surface area contributed by atoms with Crippen LogP contribution in [0.1, 0.15) is 29.0 Å². The summed E-state index contributed by atoms with van der Waals surface area (Å²) < 4.78 is 0. The van der Waals surface area contributed by atoms with Crippen molar-refractivity contribution in [2.24, 2.45) is 5.92 Å². The summed E-state index contributed by atoms with van der Waals surface area (Å²) in [4.78, 5) is 33.4. The zero-order valence-electron chi connectivity index (χ0n) is 14.5. The molecule has 7 nitrogen and oxygen atoms in total. The van der Waals surface area contributed by atoms with Crippen LogP contribution in [0.4, 0.5) is 0 Å². The van der Waals surface area contributed by atoms with Crippen LogP contribution in [0, 0.1) is 5.92 Å². The van der Waals surface area contributed by atoms with Crippen LogP contribution < -0.4 is 5.32 Å². The van der Waals surface area contributed by atoms with Crippen LogP contribution in [0.3, 0.4) is 0 Å². The molecule has 0 aliphatic carbocycles. The van der Waals surface area contributed by atoms with Crippen LogP contribution in [0.25, 0.3) is 0 Å². The van der Waals surface area contributed by atoms with E-state index in [0.717, 1.165) is 31.7 Å². The highest BCUT2D eigenvalue weighted by Gasteiger charge is 2.23. The molecule has 7 heteroatoms. The van der Waals surface area contributed by atoms with Crippen LogP contribution in [-0.4, -0.2) is 51.4 Å². The fourth-order valence-electron chi connectivity index (χ4n) is 3.12. The average molecular weight is 354 g/mol. The van der Waals surface area contributed by atoms with Gasteiger partial charge in [0.05, 0.1) is 18.9 Å². The Morgan fingerprint density at radius 3 is 2.42 bits per heavy atom. The zero-order valence-corrected chi connectivity index (χ0v) is 14.5. The van der Waals surface area contributed by atoms with Crippen molar-refractivity contribution in [1.82, 2.24) is 20.2 Å². The number of nitrogens with one attached hydrogen (secondary N) is 1. The van der Waals surface area contributed by atoms with Gasteiger partial charge in [-0.05, 0) is 30.7 Å². The van der Waals surface area contributed by atoms with E-state index in [9.17, 15) is 9.59 Å². The van der Waals surface area contributed by atoms with Crippen molar-refractivity contribution >= 4 is 11.8 Å². The summed E-state index contributed by atoms with van der Waals surface area (Å²) in [6.45, 7) is 1.34. The second-order valence-corrected chi connectivity index (χ2v) is 6.46. The Balaban J connectivity index is 1.42. The number of hydrogen-bond donors (Lipinski definition) is 2. The molecule has 2 heterocycles. The molecule has 0 spiro atoms. The molecule has 0 saturated carbocycles. The quantitative estimate of drug-likeness (QED) is 0.846. The van der Waals surface area contributed by atoms with Crippen molar-refractivity contribution < 1.29 is 14.7 Å². The largest absolute Gasteiger partial charge is 0.505 e. The molecular weight excluding hydrogens is 332 g/mol. The predicted octanol–water partition coefficient (Wildman–Crippen LogP) is 1.39. The van der Waals surface area contributed by atoms with Gasteiger partial charge in [-0.2, -0.15) is 0 Å². The highest BCUT2D eigenvalue weighted by molar-refractivity contribution is 5.93. The molecule has 1 aliphatic rings. The number of aromatic hydroxyl groups is 1. The average Bonchev–Trinajstić information content (AvgIpc) is 2.68. The minimum absolute atomic E-state index is 0.0721. The molecule has 136 valence electrons. The van der Waals surface area contributed by atoms with E-state index < -0.39 is 5.91 Å². The topological polar surface area (TPSA) is 95.4 Å². The minimum Gasteiger partial charge on any atom is -0.505 e. The lowest BCUT2D eigenvalue weighted by Gasteiger charge is -2.32. The fraction of sp³-hybridized carbons (Fsp3) is 0.368. The van der Waals surface area contributed by atoms with Crippen LogP contribution in [0.5, 0.6) is 5.75 Å². The number of carbonyl (C=O) groups is 2. The maximum absolute atomic E-state index is 12.3. The Bertz CT molecular complexity index is 741. The molecule has 1 aromatic carbocycles. The summed E-state index contributed by atoms with van der Waals surface area (Å²) in [5.41, 5.74) is 1.33. The molecule has 2 aromatic rings. The van der Waals surface area contributed by atoms with Crippen LogP contribution in [0.15, 0.2) is 42.7 Å². The van der Waals surface area contributed by atoms with Crippen molar-refractivity contribution in [3.05, 3.63) is 54.1 Å². The van der Waals surface area contributed by atoms with Gasteiger partial charge >= 0.3 is 0 Å². The van der Waals surface area contributed by atoms with Gasteiger partial charge in [0, 0.05) is 13.1 Å². The molecule has 3 rings (SSSR count). The molecule has 0 atom stereocenters. The zero-order chi connectivity index (χ0) is 18.4. The maximum atomic E-state index is 12.3. The Hall–Kier alpha value is -2.96. The second kappa shape index (κ2) is 8.42. The first-order chi connectivity index (χ1) is 12.6. The van der Waals surface area contributed by atoms with E-state index in [-0.39, 0.29) is 24.0 Å². The fourth-order valence-corrected chi connectivity index (χ4v) is 3.12. The van der Waals surface area contributed by atoms with Gasteiger partial charge in [0.2, 0.25) is 11.7 Å². The van der Waals surface area contributed by atoms with E-state index >= 15 is 0 Å². The number of benzene rings is 1. The summed E-state index contributed by atoms with van der Waals surface area (Å²) in [7, 11) is 0. The predicted molar refractivity (Wildman–Crippen MR) is 95.5 cm³/mol. The standard InChI is InChI=1S/C19H22N4O3/c24-16-11-20-18(21-12-16)19(26)22-13-17(25)23-8-6-15(7-9-23)10-14-4-2-1-3-5-14/h1-5,11-12,15,24H,6-10,13H2,(H,22,26). The first kappa shape index (κ1) is 17.8. The number of rotatable bonds is 5. The lowest BCUT2D eigenvalue weighted by atomic mass is 9.90. The van der Waals surface area contributed by atoms with Gasteiger partial charge in [-0.25, -0.2) is 9.97 Å². The third-order valence-corrected chi connectivity index (χ3v) is 4.58. The Morgan fingerprint density at radius 1 is 1.12 bits per heavy atom. The molecule has 26 heavy (non-hydrogen) atoms.